The lowest BCUT2D eigenvalue weighted by molar-refractivity contribution is -0.115. The van der Waals surface area contributed by atoms with Crippen LogP contribution in [-0.4, -0.2) is 10.5 Å². The van der Waals surface area contributed by atoms with Gasteiger partial charge in [-0.3, -0.25) is 4.79 Å². The van der Waals surface area contributed by atoms with Crippen molar-refractivity contribution in [2.45, 2.75) is 6.42 Å². The van der Waals surface area contributed by atoms with E-state index in [4.69, 9.17) is 16.3 Å². The van der Waals surface area contributed by atoms with Gasteiger partial charge in [0.15, 0.2) is 4.80 Å². The van der Waals surface area contributed by atoms with Gasteiger partial charge in [0.2, 0.25) is 5.91 Å². The summed E-state index contributed by atoms with van der Waals surface area (Å²) in [6, 6.07) is 21.0. The monoisotopic (exact) mass is 467 g/mol. The molecule has 0 unspecified atom stereocenters. The largest absolute Gasteiger partial charge is 0.457 e. The molecule has 32 heavy (non-hydrogen) atoms. The van der Waals surface area contributed by atoms with Gasteiger partial charge in [-0.05, 0) is 54.6 Å². The third kappa shape index (κ3) is 5.43. The Morgan fingerprint density at radius 1 is 1.09 bits per heavy atom. The lowest BCUT2D eigenvalue weighted by Crippen LogP contribution is -2.20. The van der Waals surface area contributed by atoms with E-state index >= 15 is 0 Å². The van der Waals surface area contributed by atoms with E-state index in [9.17, 15) is 9.18 Å². The van der Waals surface area contributed by atoms with Crippen molar-refractivity contribution in [3.8, 4) is 11.5 Å². The molecule has 0 aliphatic heterocycles. The summed E-state index contributed by atoms with van der Waals surface area (Å²) in [5, 5.41) is 4.77. The minimum Gasteiger partial charge on any atom is -0.457 e. The number of hydrogen-bond donors (Lipinski definition) is 1. The maximum Gasteiger partial charge on any atom is 0.230 e. The van der Waals surface area contributed by atoms with Crippen LogP contribution >= 0.6 is 22.9 Å². The van der Waals surface area contributed by atoms with E-state index in [1.807, 2.05) is 71.6 Å². The van der Waals surface area contributed by atoms with Crippen LogP contribution < -0.4 is 14.9 Å². The number of ether oxygens (including phenoxy) is 1. The van der Waals surface area contributed by atoms with Gasteiger partial charge in [0, 0.05) is 23.1 Å². The molecule has 0 radical (unpaired) electrons. The van der Waals surface area contributed by atoms with Crippen LogP contribution in [0.2, 0.25) is 5.02 Å². The molecule has 4 rings (SSSR count). The van der Waals surface area contributed by atoms with Crippen molar-refractivity contribution >= 4 is 40.2 Å². The van der Waals surface area contributed by atoms with Crippen LogP contribution in [0.15, 0.2) is 83.2 Å². The van der Waals surface area contributed by atoms with Crippen molar-refractivity contribution in [1.29, 1.82) is 0 Å². The summed E-state index contributed by atoms with van der Waals surface area (Å²) in [5.74, 6) is 0.611. The lowest BCUT2D eigenvalue weighted by Gasteiger charge is -2.07. The Labute approximate surface area is 193 Å². The fourth-order valence-corrected chi connectivity index (χ4v) is 4.03. The number of aromatic nitrogens is 1. The molecular weight excluding hydrogens is 449 g/mol. The van der Waals surface area contributed by atoms with Crippen LogP contribution in [0.4, 0.5) is 15.8 Å². The van der Waals surface area contributed by atoms with Gasteiger partial charge in [-0.15, -0.1) is 11.3 Å². The van der Waals surface area contributed by atoms with Gasteiger partial charge in [-0.1, -0.05) is 29.8 Å². The van der Waals surface area contributed by atoms with E-state index in [1.54, 1.807) is 0 Å². The van der Waals surface area contributed by atoms with Gasteiger partial charge in [0.05, 0.1) is 17.8 Å². The van der Waals surface area contributed by atoms with Crippen LogP contribution in [0, 0.1) is 5.82 Å². The predicted octanol–water partition coefficient (Wildman–Crippen LogP) is 6.09. The molecule has 1 N–H and O–H groups in total. The van der Waals surface area contributed by atoms with Gasteiger partial charge in [-0.25, -0.2) is 9.38 Å². The Morgan fingerprint density at radius 2 is 1.81 bits per heavy atom. The van der Waals surface area contributed by atoms with Crippen LogP contribution in [-0.2, 0) is 18.3 Å². The first kappa shape index (κ1) is 21.8. The smallest absolute Gasteiger partial charge is 0.230 e. The SMILES string of the molecule is Cn1c(CC(=O)Nc2cc(Cl)ccc2F)csc1=Nc1ccc(Oc2ccccc2)cc1. The molecule has 3 aromatic carbocycles. The number of carbonyl (C=O) groups is 1. The third-order valence-corrected chi connectivity index (χ3v) is 5.80. The minimum atomic E-state index is -0.534. The Balaban J connectivity index is 1.45. The second kappa shape index (κ2) is 9.80. The van der Waals surface area contributed by atoms with Gasteiger partial charge in [-0.2, -0.15) is 0 Å². The van der Waals surface area contributed by atoms with Crippen LogP contribution in [0.5, 0.6) is 11.5 Å². The van der Waals surface area contributed by atoms with Crippen molar-refractivity contribution in [1.82, 2.24) is 4.57 Å². The first-order chi connectivity index (χ1) is 15.5. The minimum absolute atomic E-state index is 0.0584. The van der Waals surface area contributed by atoms with Gasteiger partial charge >= 0.3 is 0 Å². The molecule has 0 saturated heterocycles. The summed E-state index contributed by atoms with van der Waals surface area (Å²) in [6.07, 6.45) is 0.0817. The summed E-state index contributed by atoms with van der Waals surface area (Å²) in [6.45, 7) is 0. The molecule has 1 aromatic heterocycles. The van der Waals surface area contributed by atoms with E-state index in [2.05, 4.69) is 10.3 Å². The number of nitrogens with one attached hydrogen (secondary N) is 1. The molecule has 0 saturated carbocycles. The number of halogens is 2. The van der Waals surface area contributed by atoms with Crippen molar-refractivity contribution in [2.75, 3.05) is 5.32 Å². The zero-order chi connectivity index (χ0) is 22.5. The fraction of sp³-hybridized carbons (Fsp3) is 0.0833. The number of thiazole rings is 1. The highest BCUT2D eigenvalue weighted by atomic mass is 35.5. The lowest BCUT2D eigenvalue weighted by atomic mass is 10.2. The topological polar surface area (TPSA) is 55.6 Å². The van der Waals surface area contributed by atoms with Gasteiger partial charge < -0.3 is 14.6 Å². The third-order valence-electron chi connectivity index (χ3n) is 4.60. The summed E-state index contributed by atoms with van der Waals surface area (Å²) < 4.78 is 21.5. The zero-order valence-corrected chi connectivity index (χ0v) is 18.7. The molecule has 0 fully saturated rings. The Kier molecular flexibility index (Phi) is 6.68. The van der Waals surface area contributed by atoms with Crippen LogP contribution in [0.1, 0.15) is 5.69 Å². The molecular formula is C24H19ClFN3O2S. The number of rotatable bonds is 6. The number of anilines is 1. The Morgan fingerprint density at radius 3 is 2.56 bits per heavy atom. The second-order valence-electron chi connectivity index (χ2n) is 6.94. The average molecular weight is 468 g/mol. The van der Waals surface area contributed by atoms with Gasteiger partial charge in [0.1, 0.15) is 17.3 Å². The zero-order valence-electron chi connectivity index (χ0n) is 17.1. The molecule has 162 valence electrons. The van der Waals surface area contributed by atoms with Crippen LogP contribution in [0.25, 0.3) is 0 Å². The highest BCUT2D eigenvalue weighted by Crippen LogP contribution is 2.24. The maximum atomic E-state index is 13.8. The number of para-hydroxylation sites is 1. The first-order valence-corrected chi connectivity index (χ1v) is 11.0. The molecule has 1 heterocycles. The molecule has 1 amide bonds. The molecule has 4 aromatic rings. The summed E-state index contributed by atoms with van der Waals surface area (Å²) in [4.78, 5) is 17.8. The normalized spacial score (nSPS) is 11.4. The number of carbonyl (C=O) groups excluding carboxylic acids is 1. The van der Waals surface area contributed by atoms with E-state index in [0.29, 0.717) is 5.02 Å². The fourth-order valence-electron chi connectivity index (χ4n) is 2.94. The number of benzene rings is 3. The predicted molar refractivity (Wildman–Crippen MR) is 125 cm³/mol. The highest BCUT2D eigenvalue weighted by Gasteiger charge is 2.11. The molecule has 0 aliphatic rings. The summed E-state index contributed by atoms with van der Waals surface area (Å²) in [5.41, 5.74) is 1.58. The number of hydrogen-bond acceptors (Lipinski definition) is 4. The van der Waals surface area contributed by atoms with E-state index in [1.165, 1.54) is 29.5 Å². The molecule has 8 heteroatoms. The highest BCUT2D eigenvalue weighted by molar-refractivity contribution is 7.07. The van der Waals surface area contributed by atoms with Crippen molar-refractivity contribution in [2.24, 2.45) is 12.0 Å². The van der Waals surface area contributed by atoms with Crippen molar-refractivity contribution < 1.29 is 13.9 Å². The first-order valence-electron chi connectivity index (χ1n) is 9.74. The number of amides is 1. The molecule has 0 bridgehead atoms. The van der Waals surface area contributed by atoms with Crippen molar-refractivity contribution in [3.05, 3.63) is 99.5 Å². The Bertz CT molecular complexity index is 1300. The standard InChI is InChI=1S/C24H19ClFN3O2S/c1-29-18(14-23(30)28-22-13-16(25)7-12-21(22)26)15-32-24(29)27-17-8-10-20(11-9-17)31-19-5-3-2-4-6-19/h2-13,15H,14H2,1H3,(H,28,30). The van der Waals surface area contributed by atoms with Gasteiger partial charge in [0.25, 0.3) is 0 Å². The Hall–Kier alpha value is -3.42. The van der Waals surface area contributed by atoms with Crippen molar-refractivity contribution in [3.63, 3.8) is 0 Å². The quantitative estimate of drug-likeness (QED) is 0.373. The summed E-state index contributed by atoms with van der Waals surface area (Å²) >= 11 is 7.30. The summed E-state index contributed by atoms with van der Waals surface area (Å²) in [7, 11) is 1.84. The van der Waals surface area contributed by atoms with E-state index < -0.39 is 5.82 Å². The van der Waals surface area contributed by atoms with E-state index in [-0.39, 0.29) is 18.0 Å². The molecule has 0 spiro atoms. The maximum absolute atomic E-state index is 13.8. The molecule has 0 aliphatic carbocycles. The average Bonchev–Trinajstić information content (AvgIpc) is 3.12. The molecule has 0 atom stereocenters. The molecule has 5 nitrogen and oxygen atoms in total. The van der Waals surface area contributed by atoms with Crippen LogP contribution in [0.3, 0.4) is 0 Å². The van der Waals surface area contributed by atoms with E-state index in [0.717, 1.165) is 27.7 Å². The second-order valence-corrected chi connectivity index (χ2v) is 8.21. The number of nitrogens with zero attached hydrogens (tertiary/aromatic N) is 2.